The maximum atomic E-state index is 8.92. The molecule has 6 heteroatoms. The first kappa shape index (κ1) is 14.5. The minimum absolute atomic E-state index is 0.171. The highest BCUT2D eigenvalue weighted by Gasteiger charge is 2.16. The zero-order valence-corrected chi connectivity index (χ0v) is 11.3. The van der Waals surface area contributed by atoms with Gasteiger partial charge in [-0.25, -0.2) is 9.97 Å². The number of aliphatic hydroxyl groups is 1. The summed E-state index contributed by atoms with van der Waals surface area (Å²) in [7, 11) is 1.61. The van der Waals surface area contributed by atoms with E-state index in [1.807, 2.05) is 13.8 Å². The first-order valence-corrected chi connectivity index (χ1v) is 6.27. The lowest BCUT2D eigenvalue weighted by Gasteiger charge is -2.24. The van der Waals surface area contributed by atoms with E-state index in [9.17, 15) is 0 Å². The third-order valence-electron chi connectivity index (χ3n) is 2.60. The van der Waals surface area contributed by atoms with Crippen LogP contribution in [0, 0.1) is 0 Å². The maximum absolute atomic E-state index is 8.92. The fourth-order valence-electron chi connectivity index (χ4n) is 1.75. The number of aliphatic hydroxyl groups excluding tert-OH is 1. The summed E-state index contributed by atoms with van der Waals surface area (Å²) < 4.78 is 5.40. The van der Waals surface area contributed by atoms with Crippen LogP contribution in [-0.2, 0) is 0 Å². The summed E-state index contributed by atoms with van der Waals surface area (Å²) in [5.74, 6) is 2.12. The van der Waals surface area contributed by atoms with E-state index in [4.69, 9.17) is 9.84 Å². The Labute approximate surface area is 108 Å². The van der Waals surface area contributed by atoms with Gasteiger partial charge in [-0.2, -0.15) is 0 Å². The summed E-state index contributed by atoms with van der Waals surface area (Å²) in [5, 5.41) is 12.1. The third-order valence-corrected chi connectivity index (χ3v) is 2.60. The molecule has 0 radical (unpaired) electrons. The summed E-state index contributed by atoms with van der Waals surface area (Å²) in [6.07, 6.45) is 2.23. The predicted molar refractivity (Wildman–Crippen MR) is 72.3 cm³/mol. The second kappa shape index (κ2) is 7.71. The van der Waals surface area contributed by atoms with Crippen molar-refractivity contribution >= 4 is 11.6 Å². The highest BCUT2D eigenvalue weighted by atomic mass is 16.5. The van der Waals surface area contributed by atoms with Crippen molar-refractivity contribution in [2.45, 2.75) is 20.3 Å². The lowest BCUT2D eigenvalue weighted by atomic mass is 10.3. The Bertz CT molecular complexity index is 360. The Morgan fingerprint density at radius 3 is 2.72 bits per heavy atom. The van der Waals surface area contributed by atoms with E-state index in [0.29, 0.717) is 18.0 Å². The summed E-state index contributed by atoms with van der Waals surface area (Å²) in [6.45, 7) is 6.54. The van der Waals surface area contributed by atoms with Crippen LogP contribution in [0.25, 0.3) is 0 Å². The standard InChI is InChI=1S/C12H22N4O2/c1-4-13-11-10(18-3)12(15-9-14-11)16(5-2)7-6-8-17/h9,17H,4-8H2,1-3H3,(H,13,14,15). The fraction of sp³-hybridized carbons (Fsp3) is 0.667. The molecule has 0 unspecified atom stereocenters. The van der Waals surface area contributed by atoms with Crippen LogP contribution in [0.3, 0.4) is 0 Å². The van der Waals surface area contributed by atoms with Crippen LogP contribution in [-0.4, -0.2) is 48.4 Å². The lowest BCUT2D eigenvalue weighted by Crippen LogP contribution is -2.26. The Hall–Kier alpha value is -1.56. The number of nitrogens with zero attached hydrogens (tertiary/aromatic N) is 3. The Morgan fingerprint density at radius 2 is 2.17 bits per heavy atom. The molecule has 0 atom stereocenters. The molecule has 0 aromatic carbocycles. The van der Waals surface area contributed by atoms with Gasteiger partial charge in [-0.05, 0) is 20.3 Å². The van der Waals surface area contributed by atoms with Crippen molar-refractivity contribution in [2.75, 3.05) is 43.6 Å². The van der Waals surface area contributed by atoms with Crippen LogP contribution in [0.1, 0.15) is 20.3 Å². The number of hydrogen-bond acceptors (Lipinski definition) is 6. The normalized spacial score (nSPS) is 10.2. The summed E-state index contributed by atoms with van der Waals surface area (Å²) in [4.78, 5) is 10.5. The molecule has 0 amide bonds. The van der Waals surface area contributed by atoms with Crippen molar-refractivity contribution in [3.8, 4) is 5.75 Å². The number of ether oxygens (including phenoxy) is 1. The molecule has 1 aromatic heterocycles. The topological polar surface area (TPSA) is 70.5 Å². The molecular weight excluding hydrogens is 232 g/mol. The van der Waals surface area contributed by atoms with Gasteiger partial charge in [-0.1, -0.05) is 0 Å². The smallest absolute Gasteiger partial charge is 0.204 e. The highest BCUT2D eigenvalue weighted by molar-refractivity contribution is 5.64. The number of aromatic nitrogens is 2. The van der Waals surface area contributed by atoms with E-state index in [-0.39, 0.29) is 6.61 Å². The van der Waals surface area contributed by atoms with E-state index >= 15 is 0 Å². The monoisotopic (exact) mass is 254 g/mol. The van der Waals surface area contributed by atoms with Crippen molar-refractivity contribution in [1.82, 2.24) is 9.97 Å². The Balaban J connectivity index is 3.00. The zero-order chi connectivity index (χ0) is 13.4. The molecule has 0 aliphatic carbocycles. The SMILES string of the molecule is CCNc1ncnc(N(CC)CCCO)c1OC. The van der Waals surface area contributed by atoms with E-state index in [0.717, 1.165) is 25.5 Å². The molecule has 102 valence electrons. The zero-order valence-electron chi connectivity index (χ0n) is 11.3. The van der Waals surface area contributed by atoms with Gasteiger partial charge in [0.1, 0.15) is 6.33 Å². The van der Waals surface area contributed by atoms with Crippen LogP contribution < -0.4 is 15.0 Å². The average Bonchev–Trinajstić information content (AvgIpc) is 2.40. The molecule has 2 N–H and O–H groups in total. The first-order valence-electron chi connectivity index (χ1n) is 6.27. The molecule has 1 aromatic rings. The molecular formula is C12H22N4O2. The van der Waals surface area contributed by atoms with Gasteiger partial charge in [0.15, 0.2) is 11.6 Å². The molecule has 0 saturated heterocycles. The van der Waals surface area contributed by atoms with Crippen LogP contribution in [0.15, 0.2) is 6.33 Å². The second-order valence-corrected chi connectivity index (χ2v) is 3.77. The van der Waals surface area contributed by atoms with Gasteiger partial charge >= 0.3 is 0 Å². The van der Waals surface area contributed by atoms with Gasteiger partial charge in [-0.3, -0.25) is 0 Å². The summed E-state index contributed by atoms with van der Waals surface area (Å²) in [5.41, 5.74) is 0. The van der Waals surface area contributed by atoms with Crippen molar-refractivity contribution < 1.29 is 9.84 Å². The van der Waals surface area contributed by atoms with Crippen LogP contribution in [0.4, 0.5) is 11.6 Å². The molecule has 6 nitrogen and oxygen atoms in total. The third kappa shape index (κ3) is 3.46. The quantitative estimate of drug-likeness (QED) is 0.724. The molecule has 1 heterocycles. The van der Waals surface area contributed by atoms with Gasteiger partial charge in [0.25, 0.3) is 0 Å². The molecule has 0 spiro atoms. The molecule has 0 fully saturated rings. The highest BCUT2D eigenvalue weighted by Crippen LogP contribution is 2.31. The molecule has 18 heavy (non-hydrogen) atoms. The van der Waals surface area contributed by atoms with Crippen molar-refractivity contribution in [3.63, 3.8) is 0 Å². The Morgan fingerprint density at radius 1 is 1.39 bits per heavy atom. The predicted octanol–water partition coefficient (Wildman–Crippen LogP) is 1.13. The number of hydrogen-bond donors (Lipinski definition) is 2. The fourth-order valence-corrected chi connectivity index (χ4v) is 1.75. The van der Waals surface area contributed by atoms with E-state index in [1.165, 1.54) is 6.33 Å². The van der Waals surface area contributed by atoms with Crippen molar-refractivity contribution in [3.05, 3.63) is 6.33 Å². The van der Waals surface area contributed by atoms with Gasteiger partial charge < -0.3 is 20.1 Å². The Kier molecular flexibility index (Phi) is 6.21. The van der Waals surface area contributed by atoms with Crippen LogP contribution >= 0.6 is 0 Å². The summed E-state index contributed by atoms with van der Waals surface area (Å²) in [6, 6.07) is 0. The van der Waals surface area contributed by atoms with Crippen molar-refractivity contribution in [1.29, 1.82) is 0 Å². The largest absolute Gasteiger partial charge is 0.490 e. The lowest BCUT2D eigenvalue weighted by molar-refractivity contribution is 0.289. The first-order chi connectivity index (χ1) is 8.78. The van der Waals surface area contributed by atoms with Crippen LogP contribution in [0.2, 0.25) is 0 Å². The number of nitrogens with one attached hydrogen (secondary N) is 1. The maximum Gasteiger partial charge on any atom is 0.204 e. The van der Waals surface area contributed by atoms with Gasteiger partial charge in [-0.15, -0.1) is 0 Å². The van der Waals surface area contributed by atoms with Gasteiger partial charge in [0.2, 0.25) is 5.75 Å². The minimum Gasteiger partial charge on any atom is -0.490 e. The van der Waals surface area contributed by atoms with E-state index in [2.05, 4.69) is 20.2 Å². The number of rotatable bonds is 8. The van der Waals surface area contributed by atoms with Crippen molar-refractivity contribution in [2.24, 2.45) is 0 Å². The summed E-state index contributed by atoms with van der Waals surface area (Å²) >= 11 is 0. The van der Waals surface area contributed by atoms with Crippen LogP contribution in [0.5, 0.6) is 5.75 Å². The van der Waals surface area contributed by atoms with E-state index < -0.39 is 0 Å². The molecule has 0 bridgehead atoms. The molecule has 1 rings (SSSR count). The van der Waals surface area contributed by atoms with Gasteiger partial charge in [0.05, 0.1) is 7.11 Å². The van der Waals surface area contributed by atoms with E-state index in [1.54, 1.807) is 7.11 Å². The minimum atomic E-state index is 0.171. The average molecular weight is 254 g/mol. The number of methoxy groups -OCH3 is 1. The molecule has 0 aliphatic heterocycles. The molecule has 0 saturated carbocycles. The second-order valence-electron chi connectivity index (χ2n) is 3.77. The van der Waals surface area contributed by atoms with Gasteiger partial charge in [0, 0.05) is 26.2 Å². The molecule has 0 aliphatic rings. The number of anilines is 2.